The van der Waals surface area contributed by atoms with Crippen LogP contribution in [0.4, 0.5) is 0 Å². The Hall–Kier alpha value is -2.11. The fourth-order valence-corrected chi connectivity index (χ4v) is 7.71. The van der Waals surface area contributed by atoms with Gasteiger partial charge in [-0.15, -0.1) is 0 Å². The lowest BCUT2D eigenvalue weighted by molar-refractivity contribution is -0.167. The quantitative estimate of drug-likeness (QED) is 0.0263. The maximum Gasteiger partial charge on any atom is 0.306 e. The molecule has 352 valence electrons. The van der Waals surface area contributed by atoms with E-state index in [2.05, 4.69) is 45.1 Å². The van der Waals surface area contributed by atoms with Crippen molar-refractivity contribution < 1.29 is 28.6 Å². The molecule has 6 nitrogen and oxygen atoms in total. The number of ether oxygens (including phenoxy) is 3. The molecule has 0 rings (SSSR count). The van der Waals surface area contributed by atoms with Gasteiger partial charge in [0, 0.05) is 19.3 Å². The Kier molecular flexibility index (Phi) is 47.8. The molecule has 1 atom stereocenters. The Morgan fingerprint density at radius 3 is 0.933 bits per heavy atom. The Morgan fingerprint density at radius 1 is 0.333 bits per heavy atom. The minimum absolute atomic E-state index is 0.0708. The molecule has 0 saturated carbocycles. The van der Waals surface area contributed by atoms with Crippen molar-refractivity contribution in [3.8, 4) is 0 Å². The van der Waals surface area contributed by atoms with Gasteiger partial charge in [-0.2, -0.15) is 0 Å². The molecule has 0 aromatic carbocycles. The first-order valence-corrected chi connectivity index (χ1v) is 26.3. The molecular weight excluding hydrogens is 745 g/mol. The van der Waals surface area contributed by atoms with Gasteiger partial charge in [-0.25, -0.2) is 0 Å². The number of unbranched alkanes of at least 4 members (excludes halogenated alkanes) is 33. The van der Waals surface area contributed by atoms with E-state index in [0.717, 1.165) is 77.0 Å². The van der Waals surface area contributed by atoms with Gasteiger partial charge < -0.3 is 14.2 Å². The first-order valence-electron chi connectivity index (χ1n) is 26.3. The third-order valence-corrected chi connectivity index (χ3v) is 11.7. The predicted molar refractivity (Wildman–Crippen MR) is 256 cm³/mol. The molecule has 0 aliphatic rings. The van der Waals surface area contributed by atoms with E-state index < -0.39 is 6.10 Å². The van der Waals surface area contributed by atoms with Gasteiger partial charge in [-0.3, -0.25) is 14.4 Å². The number of allylic oxidation sites excluding steroid dienone is 4. The van der Waals surface area contributed by atoms with Crippen LogP contribution in [0.2, 0.25) is 0 Å². The van der Waals surface area contributed by atoms with Crippen LogP contribution in [0.3, 0.4) is 0 Å². The summed E-state index contributed by atoms with van der Waals surface area (Å²) in [6, 6.07) is 0. The minimum Gasteiger partial charge on any atom is -0.462 e. The summed E-state index contributed by atoms with van der Waals surface area (Å²) in [4.78, 5) is 38.0. The summed E-state index contributed by atoms with van der Waals surface area (Å²) in [5, 5.41) is 0. The van der Waals surface area contributed by atoms with Crippen LogP contribution in [0, 0.1) is 0 Å². The molecule has 0 bridgehead atoms. The largest absolute Gasteiger partial charge is 0.462 e. The number of carbonyl (C=O) groups excluding carboxylic acids is 3. The van der Waals surface area contributed by atoms with Crippen molar-refractivity contribution in [3.63, 3.8) is 0 Å². The van der Waals surface area contributed by atoms with Crippen LogP contribution in [0.1, 0.15) is 284 Å². The average molecular weight is 845 g/mol. The molecule has 0 amide bonds. The summed E-state index contributed by atoms with van der Waals surface area (Å²) in [6.07, 6.45) is 55.8. The Bertz CT molecular complexity index is 973. The lowest BCUT2D eigenvalue weighted by atomic mass is 10.0. The Labute approximate surface area is 373 Å². The molecule has 0 aliphatic heterocycles. The van der Waals surface area contributed by atoms with E-state index in [-0.39, 0.29) is 31.1 Å². The van der Waals surface area contributed by atoms with Gasteiger partial charge in [0.05, 0.1) is 0 Å². The molecule has 6 heteroatoms. The lowest BCUT2D eigenvalue weighted by Gasteiger charge is -2.18. The van der Waals surface area contributed by atoms with Crippen LogP contribution in [-0.4, -0.2) is 37.2 Å². The smallest absolute Gasteiger partial charge is 0.306 e. The highest BCUT2D eigenvalue weighted by Crippen LogP contribution is 2.16. The second-order valence-corrected chi connectivity index (χ2v) is 17.8. The topological polar surface area (TPSA) is 78.9 Å². The molecule has 0 N–H and O–H groups in total. The molecule has 1 unspecified atom stereocenters. The van der Waals surface area contributed by atoms with Crippen molar-refractivity contribution in [2.24, 2.45) is 0 Å². The van der Waals surface area contributed by atoms with Gasteiger partial charge in [0.25, 0.3) is 0 Å². The summed E-state index contributed by atoms with van der Waals surface area (Å²) in [6.45, 7) is 6.64. The van der Waals surface area contributed by atoms with Crippen molar-refractivity contribution in [2.45, 2.75) is 290 Å². The minimum atomic E-state index is -0.770. The Balaban J connectivity index is 4.35. The van der Waals surface area contributed by atoms with Gasteiger partial charge in [-0.05, 0) is 51.4 Å². The maximum atomic E-state index is 12.8. The fourth-order valence-electron chi connectivity index (χ4n) is 7.71. The van der Waals surface area contributed by atoms with E-state index in [4.69, 9.17) is 14.2 Å². The summed E-state index contributed by atoms with van der Waals surface area (Å²) < 4.78 is 16.8. The standard InChI is InChI=1S/C54H100O6/c1-4-7-10-13-16-19-22-25-27-28-30-32-35-38-41-44-47-53(56)59-50-51(49-58-52(55)46-43-40-37-34-31-24-21-18-15-12-9-6-3)60-54(57)48-45-42-39-36-33-29-26-23-20-17-14-11-8-5-2/h19,22,27-28,51H,4-18,20-21,23-26,29-50H2,1-3H3/b22-19-,28-27-. The van der Waals surface area contributed by atoms with Crippen LogP contribution in [0.5, 0.6) is 0 Å². The highest BCUT2D eigenvalue weighted by molar-refractivity contribution is 5.71. The van der Waals surface area contributed by atoms with Crippen molar-refractivity contribution >= 4 is 17.9 Å². The van der Waals surface area contributed by atoms with Crippen molar-refractivity contribution in [1.29, 1.82) is 0 Å². The third-order valence-electron chi connectivity index (χ3n) is 11.7. The van der Waals surface area contributed by atoms with E-state index in [1.165, 1.54) is 167 Å². The first kappa shape index (κ1) is 57.9. The highest BCUT2D eigenvalue weighted by atomic mass is 16.6. The normalized spacial score (nSPS) is 12.1. The third kappa shape index (κ3) is 46.9. The van der Waals surface area contributed by atoms with E-state index in [0.29, 0.717) is 19.3 Å². The highest BCUT2D eigenvalue weighted by Gasteiger charge is 2.19. The first-order chi connectivity index (χ1) is 29.5. The number of hydrogen-bond acceptors (Lipinski definition) is 6. The van der Waals surface area contributed by atoms with Gasteiger partial charge in [0.2, 0.25) is 0 Å². The lowest BCUT2D eigenvalue weighted by Crippen LogP contribution is -2.30. The van der Waals surface area contributed by atoms with Crippen molar-refractivity contribution in [3.05, 3.63) is 24.3 Å². The maximum absolute atomic E-state index is 12.8. The number of rotatable bonds is 48. The van der Waals surface area contributed by atoms with Crippen LogP contribution in [-0.2, 0) is 28.6 Å². The second-order valence-electron chi connectivity index (χ2n) is 17.8. The van der Waals surface area contributed by atoms with E-state index >= 15 is 0 Å². The van der Waals surface area contributed by atoms with Gasteiger partial charge in [0.15, 0.2) is 6.10 Å². The zero-order chi connectivity index (χ0) is 43.7. The molecule has 0 saturated heterocycles. The van der Waals surface area contributed by atoms with Crippen LogP contribution in [0.15, 0.2) is 24.3 Å². The molecule has 0 radical (unpaired) electrons. The zero-order valence-corrected chi connectivity index (χ0v) is 40.2. The SMILES string of the molecule is CCCCCC/C=C\C/C=C\CCCCCCCC(=O)OCC(COC(=O)CCCCCCCCCCCCCC)OC(=O)CCCCCCCCCCCCCCCC. The number of hydrogen-bond donors (Lipinski definition) is 0. The summed E-state index contributed by atoms with van der Waals surface area (Å²) in [7, 11) is 0. The van der Waals surface area contributed by atoms with Gasteiger partial charge in [0.1, 0.15) is 13.2 Å². The molecule has 0 aromatic rings. The van der Waals surface area contributed by atoms with Crippen molar-refractivity contribution in [1.82, 2.24) is 0 Å². The molecule has 60 heavy (non-hydrogen) atoms. The molecule has 0 aliphatic carbocycles. The number of esters is 3. The van der Waals surface area contributed by atoms with Crippen LogP contribution in [0.25, 0.3) is 0 Å². The van der Waals surface area contributed by atoms with Crippen LogP contribution >= 0.6 is 0 Å². The monoisotopic (exact) mass is 845 g/mol. The van der Waals surface area contributed by atoms with Gasteiger partial charge >= 0.3 is 17.9 Å². The molecule has 0 spiro atoms. The van der Waals surface area contributed by atoms with Crippen LogP contribution < -0.4 is 0 Å². The summed E-state index contributed by atoms with van der Waals surface area (Å²) >= 11 is 0. The van der Waals surface area contributed by atoms with E-state index in [1.54, 1.807) is 0 Å². The molecular formula is C54H100O6. The predicted octanol–water partition coefficient (Wildman–Crippen LogP) is 17.2. The fraction of sp³-hybridized carbons (Fsp3) is 0.870. The molecule has 0 aromatic heterocycles. The summed E-state index contributed by atoms with van der Waals surface area (Å²) in [5.41, 5.74) is 0. The second kappa shape index (κ2) is 49.5. The molecule has 0 fully saturated rings. The Morgan fingerprint density at radius 2 is 0.600 bits per heavy atom. The van der Waals surface area contributed by atoms with E-state index in [9.17, 15) is 14.4 Å². The van der Waals surface area contributed by atoms with Crippen molar-refractivity contribution in [2.75, 3.05) is 13.2 Å². The average Bonchev–Trinajstić information content (AvgIpc) is 3.24. The zero-order valence-electron chi connectivity index (χ0n) is 40.2. The number of carbonyl (C=O) groups is 3. The van der Waals surface area contributed by atoms with Gasteiger partial charge in [-0.1, -0.05) is 238 Å². The summed E-state index contributed by atoms with van der Waals surface area (Å²) in [5.74, 6) is -0.870. The molecule has 0 heterocycles. The van der Waals surface area contributed by atoms with E-state index in [1.807, 2.05) is 0 Å².